The van der Waals surface area contributed by atoms with Gasteiger partial charge in [-0.2, -0.15) is 0 Å². The van der Waals surface area contributed by atoms with Gasteiger partial charge in [-0.3, -0.25) is 0 Å². The molecule has 0 aliphatic heterocycles. The van der Waals surface area contributed by atoms with Crippen molar-refractivity contribution in [1.82, 2.24) is 0 Å². The van der Waals surface area contributed by atoms with Gasteiger partial charge >= 0.3 is 12.1 Å². The van der Waals surface area contributed by atoms with Crippen molar-refractivity contribution in [3.8, 4) is 0 Å². The summed E-state index contributed by atoms with van der Waals surface area (Å²) in [4.78, 5) is 21.2. The smallest absolute Gasteiger partial charge is 0.453 e. The standard InChI is InChI=1S/C9H14O6/c1-3-6(2)8(11)15-7(4-10)5-14-9(12)13/h3,7,10H,4-5H2,1-2H3,(H,12,13)/b6-3+. The summed E-state index contributed by atoms with van der Waals surface area (Å²) in [6.07, 6.45) is -0.898. The highest BCUT2D eigenvalue weighted by Gasteiger charge is 2.16. The van der Waals surface area contributed by atoms with Crippen LogP contribution in [0.25, 0.3) is 0 Å². The fraction of sp³-hybridized carbons (Fsp3) is 0.556. The molecular formula is C9H14O6. The second kappa shape index (κ2) is 6.83. The fourth-order valence-corrected chi connectivity index (χ4v) is 0.650. The third-order valence-electron chi connectivity index (χ3n) is 1.63. The minimum atomic E-state index is -1.48. The Bertz CT molecular complexity index is 257. The molecule has 0 amide bonds. The second-order valence-electron chi connectivity index (χ2n) is 2.76. The van der Waals surface area contributed by atoms with Crippen LogP contribution in [0, 0.1) is 0 Å². The molecule has 1 atom stereocenters. The first-order valence-corrected chi connectivity index (χ1v) is 4.31. The van der Waals surface area contributed by atoms with Crippen LogP contribution < -0.4 is 0 Å². The lowest BCUT2D eigenvalue weighted by Crippen LogP contribution is -2.28. The van der Waals surface area contributed by atoms with E-state index in [-0.39, 0.29) is 6.61 Å². The normalized spacial score (nSPS) is 13.1. The van der Waals surface area contributed by atoms with Gasteiger partial charge in [0.15, 0.2) is 6.10 Å². The molecule has 0 aromatic rings. The Morgan fingerprint density at radius 1 is 1.47 bits per heavy atom. The van der Waals surface area contributed by atoms with Crippen LogP contribution in [0.4, 0.5) is 4.79 Å². The van der Waals surface area contributed by atoms with E-state index in [0.29, 0.717) is 5.57 Å². The average molecular weight is 218 g/mol. The predicted molar refractivity (Wildman–Crippen MR) is 50.4 cm³/mol. The number of rotatable bonds is 5. The highest BCUT2D eigenvalue weighted by Crippen LogP contribution is 2.01. The Hall–Kier alpha value is -1.56. The minimum Gasteiger partial charge on any atom is -0.453 e. The lowest BCUT2D eigenvalue weighted by Gasteiger charge is -2.14. The average Bonchev–Trinajstić information content (AvgIpc) is 2.22. The molecule has 0 saturated heterocycles. The van der Waals surface area contributed by atoms with Gasteiger partial charge in [0, 0.05) is 5.57 Å². The fourth-order valence-electron chi connectivity index (χ4n) is 0.650. The van der Waals surface area contributed by atoms with Crippen LogP contribution in [0.2, 0.25) is 0 Å². The minimum absolute atomic E-state index is 0.378. The van der Waals surface area contributed by atoms with Crippen molar-refractivity contribution in [2.24, 2.45) is 0 Å². The molecule has 0 rings (SSSR count). The molecule has 0 heterocycles. The van der Waals surface area contributed by atoms with Crippen LogP contribution in [-0.2, 0) is 14.3 Å². The zero-order chi connectivity index (χ0) is 11.8. The van der Waals surface area contributed by atoms with Gasteiger partial charge in [0.25, 0.3) is 0 Å². The Labute approximate surface area is 87.1 Å². The van der Waals surface area contributed by atoms with Gasteiger partial charge < -0.3 is 19.7 Å². The maximum absolute atomic E-state index is 11.2. The molecule has 0 aromatic carbocycles. The van der Waals surface area contributed by atoms with Gasteiger partial charge in [-0.05, 0) is 13.8 Å². The molecule has 0 aliphatic carbocycles. The number of hydrogen-bond acceptors (Lipinski definition) is 5. The lowest BCUT2D eigenvalue weighted by molar-refractivity contribution is -0.149. The van der Waals surface area contributed by atoms with Crippen molar-refractivity contribution in [2.75, 3.05) is 13.2 Å². The number of esters is 1. The van der Waals surface area contributed by atoms with Crippen molar-refractivity contribution in [3.63, 3.8) is 0 Å². The lowest BCUT2D eigenvalue weighted by atomic mass is 10.3. The van der Waals surface area contributed by atoms with E-state index in [0.717, 1.165) is 0 Å². The number of hydrogen-bond donors (Lipinski definition) is 2. The van der Waals surface area contributed by atoms with Crippen LogP contribution >= 0.6 is 0 Å². The van der Waals surface area contributed by atoms with Crippen molar-refractivity contribution >= 4 is 12.1 Å². The molecule has 0 aliphatic rings. The maximum atomic E-state index is 11.2. The van der Waals surface area contributed by atoms with Gasteiger partial charge in [-0.25, -0.2) is 9.59 Å². The number of aliphatic hydroxyl groups is 1. The Balaban J connectivity index is 4.09. The van der Waals surface area contributed by atoms with Crippen LogP contribution in [-0.4, -0.2) is 41.7 Å². The molecule has 0 aromatic heterocycles. The van der Waals surface area contributed by atoms with E-state index in [1.165, 1.54) is 0 Å². The predicted octanol–water partition coefficient (Wildman–Crippen LogP) is 0.551. The van der Waals surface area contributed by atoms with Gasteiger partial charge in [0.1, 0.15) is 6.61 Å². The molecule has 15 heavy (non-hydrogen) atoms. The monoisotopic (exact) mass is 218 g/mol. The van der Waals surface area contributed by atoms with Gasteiger partial charge in [0.05, 0.1) is 6.61 Å². The van der Waals surface area contributed by atoms with Gasteiger partial charge in [-0.1, -0.05) is 6.08 Å². The Morgan fingerprint density at radius 3 is 2.47 bits per heavy atom. The quantitative estimate of drug-likeness (QED) is 0.517. The molecule has 86 valence electrons. The largest absolute Gasteiger partial charge is 0.505 e. The van der Waals surface area contributed by atoms with Gasteiger partial charge in [-0.15, -0.1) is 0 Å². The van der Waals surface area contributed by atoms with Crippen molar-refractivity contribution in [2.45, 2.75) is 20.0 Å². The summed E-state index contributed by atoms with van der Waals surface area (Å²) in [6.45, 7) is 2.34. The Morgan fingerprint density at radius 2 is 2.07 bits per heavy atom. The Kier molecular flexibility index (Phi) is 6.12. The first-order valence-electron chi connectivity index (χ1n) is 4.31. The van der Waals surface area contributed by atoms with E-state index in [4.69, 9.17) is 14.9 Å². The third-order valence-corrected chi connectivity index (χ3v) is 1.63. The van der Waals surface area contributed by atoms with Gasteiger partial charge in [0.2, 0.25) is 0 Å². The number of carboxylic acid groups (broad SMARTS) is 1. The molecule has 6 heteroatoms. The maximum Gasteiger partial charge on any atom is 0.505 e. The molecule has 0 fully saturated rings. The molecule has 0 saturated carbocycles. The first kappa shape index (κ1) is 13.4. The summed E-state index contributed by atoms with van der Waals surface area (Å²) in [5.41, 5.74) is 0.378. The van der Waals surface area contributed by atoms with Crippen LogP contribution in [0.15, 0.2) is 11.6 Å². The molecule has 6 nitrogen and oxygen atoms in total. The summed E-state index contributed by atoms with van der Waals surface area (Å²) in [5.74, 6) is -0.606. The third kappa shape index (κ3) is 5.69. The molecule has 0 radical (unpaired) electrons. The summed E-state index contributed by atoms with van der Waals surface area (Å²) < 4.78 is 8.93. The summed E-state index contributed by atoms with van der Waals surface area (Å²) in [7, 11) is 0. The summed E-state index contributed by atoms with van der Waals surface area (Å²) >= 11 is 0. The SMILES string of the molecule is C/C=C(\C)C(=O)OC(CO)COC(=O)O. The summed E-state index contributed by atoms with van der Waals surface area (Å²) in [6, 6.07) is 0. The molecular weight excluding hydrogens is 204 g/mol. The molecule has 1 unspecified atom stereocenters. The summed E-state index contributed by atoms with van der Waals surface area (Å²) in [5, 5.41) is 17.0. The molecule has 0 bridgehead atoms. The van der Waals surface area contributed by atoms with Crippen molar-refractivity contribution < 1.29 is 29.3 Å². The van der Waals surface area contributed by atoms with Crippen LogP contribution in [0.3, 0.4) is 0 Å². The van der Waals surface area contributed by atoms with E-state index in [9.17, 15) is 9.59 Å². The number of carbonyl (C=O) groups is 2. The van der Waals surface area contributed by atoms with Crippen molar-refractivity contribution in [1.29, 1.82) is 0 Å². The zero-order valence-electron chi connectivity index (χ0n) is 8.60. The van der Waals surface area contributed by atoms with Crippen LogP contribution in [0.5, 0.6) is 0 Å². The highest BCUT2D eigenvalue weighted by atomic mass is 16.7. The van der Waals surface area contributed by atoms with Crippen molar-refractivity contribution in [3.05, 3.63) is 11.6 Å². The molecule has 2 N–H and O–H groups in total. The van der Waals surface area contributed by atoms with Crippen LogP contribution in [0.1, 0.15) is 13.8 Å². The first-order chi connectivity index (χ1) is 7.01. The van der Waals surface area contributed by atoms with E-state index < -0.39 is 24.8 Å². The zero-order valence-corrected chi connectivity index (χ0v) is 8.60. The molecule has 0 spiro atoms. The second-order valence-corrected chi connectivity index (χ2v) is 2.76. The number of carbonyl (C=O) groups excluding carboxylic acids is 1. The van der Waals surface area contributed by atoms with E-state index >= 15 is 0 Å². The topological polar surface area (TPSA) is 93.1 Å². The number of aliphatic hydroxyl groups excluding tert-OH is 1. The number of allylic oxidation sites excluding steroid dienone is 1. The number of ether oxygens (including phenoxy) is 2. The van der Waals surface area contributed by atoms with E-state index in [1.54, 1.807) is 19.9 Å². The van der Waals surface area contributed by atoms with E-state index in [2.05, 4.69) is 4.74 Å². The highest BCUT2D eigenvalue weighted by molar-refractivity contribution is 5.87. The van der Waals surface area contributed by atoms with E-state index in [1.807, 2.05) is 0 Å².